The number of methoxy groups -OCH3 is 1. The van der Waals surface area contributed by atoms with Crippen LogP contribution in [0.4, 0.5) is 0 Å². The van der Waals surface area contributed by atoms with Crippen molar-refractivity contribution in [3.05, 3.63) is 29.8 Å². The number of benzene rings is 1. The van der Waals surface area contributed by atoms with E-state index in [1.54, 1.807) is 23.5 Å². The van der Waals surface area contributed by atoms with Gasteiger partial charge in [-0.25, -0.2) is 8.42 Å². The standard InChI is InChI=1S/C13H19NO3S.C2H6/c1-11-5-3-4-6-13(11)18(15,16)14-9-7-12(17-2)8-10-14;1-2/h3-6,12H,7-10H2,1-2H3;1-2H3. The maximum atomic E-state index is 12.5. The summed E-state index contributed by atoms with van der Waals surface area (Å²) in [5.74, 6) is 0. The van der Waals surface area contributed by atoms with Crippen LogP contribution in [0, 0.1) is 6.92 Å². The third kappa shape index (κ3) is 3.81. The Kier molecular flexibility index (Phi) is 6.65. The Hall–Kier alpha value is -0.910. The zero-order chi connectivity index (χ0) is 15.2. The Labute approximate surface area is 122 Å². The highest BCUT2D eigenvalue weighted by atomic mass is 32.2. The molecule has 2 rings (SSSR count). The van der Waals surface area contributed by atoms with Crippen LogP contribution in [0.1, 0.15) is 32.3 Å². The molecule has 1 aliphatic heterocycles. The number of rotatable bonds is 3. The van der Waals surface area contributed by atoms with E-state index in [2.05, 4.69) is 0 Å². The van der Waals surface area contributed by atoms with Gasteiger partial charge < -0.3 is 4.74 Å². The molecule has 0 atom stereocenters. The average Bonchev–Trinajstić information content (AvgIpc) is 2.49. The number of hydrogen-bond acceptors (Lipinski definition) is 3. The second-order valence-corrected chi connectivity index (χ2v) is 6.51. The summed E-state index contributed by atoms with van der Waals surface area (Å²) in [5, 5.41) is 0. The lowest BCUT2D eigenvalue weighted by Gasteiger charge is -2.30. The lowest BCUT2D eigenvalue weighted by molar-refractivity contribution is 0.0604. The number of nitrogens with zero attached hydrogens (tertiary/aromatic N) is 1. The van der Waals surface area contributed by atoms with E-state index < -0.39 is 10.0 Å². The number of aryl methyl sites for hydroxylation is 1. The minimum Gasteiger partial charge on any atom is -0.381 e. The Morgan fingerprint density at radius 2 is 1.70 bits per heavy atom. The lowest BCUT2D eigenvalue weighted by Crippen LogP contribution is -2.40. The normalized spacial score (nSPS) is 17.4. The van der Waals surface area contributed by atoms with Crippen LogP contribution in [-0.4, -0.2) is 39.0 Å². The van der Waals surface area contributed by atoms with Crippen molar-refractivity contribution in [1.29, 1.82) is 0 Å². The zero-order valence-electron chi connectivity index (χ0n) is 12.8. The van der Waals surface area contributed by atoms with Gasteiger partial charge in [0.25, 0.3) is 0 Å². The van der Waals surface area contributed by atoms with Crippen LogP contribution in [-0.2, 0) is 14.8 Å². The topological polar surface area (TPSA) is 46.6 Å². The predicted octanol–water partition coefficient (Wildman–Crippen LogP) is 2.82. The van der Waals surface area contributed by atoms with Gasteiger partial charge in [0.1, 0.15) is 0 Å². The fourth-order valence-corrected chi connectivity index (χ4v) is 3.99. The van der Waals surface area contributed by atoms with Crippen molar-refractivity contribution in [3.8, 4) is 0 Å². The predicted molar refractivity (Wildman–Crippen MR) is 81.3 cm³/mol. The molecule has 20 heavy (non-hydrogen) atoms. The van der Waals surface area contributed by atoms with Crippen molar-refractivity contribution in [2.24, 2.45) is 0 Å². The van der Waals surface area contributed by atoms with E-state index in [1.165, 1.54) is 0 Å². The summed E-state index contributed by atoms with van der Waals surface area (Å²) in [5.41, 5.74) is 0.798. The third-order valence-electron chi connectivity index (χ3n) is 3.45. The van der Waals surface area contributed by atoms with Crippen LogP contribution in [0.5, 0.6) is 0 Å². The van der Waals surface area contributed by atoms with E-state index in [0.29, 0.717) is 18.0 Å². The van der Waals surface area contributed by atoms with Crippen LogP contribution in [0.2, 0.25) is 0 Å². The molecule has 0 bridgehead atoms. The smallest absolute Gasteiger partial charge is 0.243 e. The molecule has 1 heterocycles. The number of hydrogen-bond donors (Lipinski definition) is 0. The molecule has 1 aromatic rings. The summed E-state index contributed by atoms with van der Waals surface area (Å²) < 4.78 is 31.8. The molecule has 0 saturated carbocycles. The van der Waals surface area contributed by atoms with Crippen molar-refractivity contribution >= 4 is 10.0 Å². The second-order valence-electron chi connectivity index (χ2n) is 4.60. The van der Waals surface area contributed by atoms with Gasteiger partial charge in [-0.1, -0.05) is 32.0 Å². The Morgan fingerprint density at radius 1 is 1.15 bits per heavy atom. The molecular formula is C15H25NO3S. The SMILES string of the molecule is CC.COC1CCN(S(=O)(=O)c2ccccc2C)CC1. The highest BCUT2D eigenvalue weighted by Crippen LogP contribution is 2.23. The molecule has 0 aromatic heterocycles. The molecule has 1 aliphatic rings. The molecule has 0 amide bonds. The Balaban J connectivity index is 0.000000956. The molecule has 4 nitrogen and oxygen atoms in total. The zero-order valence-corrected chi connectivity index (χ0v) is 13.6. The van der Waals surface area contributed by atoms with Crippen LogP contribution in [0.15, 0.2) is 29.2 Å². The quantitative estimate of drug-likeness (QED) is 0.862. The van der Waals surface area contributed by atoms with Gasteiger partial charge in [-0.15, -0.1) is 0 Å². The first kappa shape index (κ1) is 17.1. The second kappa shape index (κ2) is 7.76. The van der Waals surface area contributed by atoms with Crippen LogP contribution < -0.4 is 0 Å². The van der Waals surface area contributed by atoms with Gasteiger partial charge in [0.15, 0.2) is 0 Å². The Morgan fingerprint density at radius 3 is 2.20 bits per heavy atom. The third-order valence-corrected chi connectivity index (χ3v) is 5.50. The molecular weight excluding hydrogens is 274 g/mol. The average molecular weight is 299 g/mol. The highest BCUT2D eigenvalue weighted by Gasteiger charge is 2.29. The molecule has 5 heteroatoms. The summed E-state index contributed by atoms with van der Waals surface area (Å²) in [6.45, 7) is 6.90. The van der Waals surface area contributed by atoms with Crippen LogP contribution in [0.3, 0.4) is 0 Å². The Bertz CT molecular complexity index is 506. The lowest BCUT2D eigenvalue weighted by atomic mass is 10.1. The van der Waals surface area contributed by atoms with E-state index in [0.717, 1.165) is 18.4 Å². The van der Waals surface area contributed by atoms with Gasteiger partial charge in [0, 0.05) is 20.2 Å². The molecule has 0 N–H and O–H groups in total. The summed E-state index contributed by atoms with van der Waals surface area (Å²) in [7, 11) is -1.67. The minimum absolute atomic E-state index is 0.188. The number of piperidine rings is 1. The fraction of sp³-hybridized carbons (Fsp3) is 0.600. The molecule has 0 spiro atoms. The minimum atomic E-state index is -3.35. The number of ether oxygens (including phenoxy) is 1. The number of sulfonamides is 1. The van der Waals surface area contributed by atoms with Crippen LogP contribution >= 0.6 is 0 Å². The molecule has 114 valence electrons. The molecule has 0 unspecified atom stereocenters. The van der Waals surface area contributed by atoms with E-state index in [1.807, 2.05) is 32.9 Å². The van der Waals surface area contributed by atoms with Crippen molar-refractivity contribution in [2.45, 2.75) is 44.6 Å². The van der Waals surface area contributed by atoms with Gasteiger partial charge in [-0.05, 0) is 31.4 Å². The monoisotopic (exact) mass is 299 g/mol. The first-order valence-corrected chi connectivity index (χ1v) is 8.58. The van der Waals surface area contributed by atoms with Crippen molar-refractivity contribution < 1.29 is 13.2 Å². The molecule has 1 saturated heterocycles. The van der Waals surface area contributed by atoms with Crippen molar-refractivity contribution in [1.82, 2.24) is 4.31 Å². The first-order chi connectivity index (χ1) is 9.55. The van der Waals surface area contributed by atoms with E-state index in [-0.39, 0.29) is 6.10 Å². The fourth-order valence-electron chi connectivity index (χ4n) is 2.29. The summed E-state index contributed by atoms with van der Waals surface area (Å²) in [4.78, 5) is 0.417. The summed E-state index contributed by atoms with van der Waals surface area (Å²) in [6, 6.07) is 7.12. The van der Waals surface area contributed by atoms with E-state index in [9.17, 15) is 8.42 Å². The van der Waals surface area contributed by atoms with Gasteiger partial charge in [0.05, 0.1) is 11.0 Å². The van der Waals surface area contributed by atoms with Crippen LogP contribution in [0.25, 0.3) is 0 Å². The van der Waals surface area contributed by atoms with E-state index in [4.69, 9.17) is 4.74 Å². The summed E-state index contributed by atoms with van der Waals surface area (Å²) in [6.07, 6.45) is 1.72. The van der Waals surface area contributed by atoms with E-state index >= 15 is 0 Å². The molecule has 1 fully saturated rings. The van der Waals surface area contributed by atoms with Gasteiger partial charge in [-0.2, -0.15) is 4.31 Å². The van der Waals surface area contributed by atoms with Gasteiger partial charge in [0.2, 0.25) is 10.0 Å². The van der Waals surface area contributed by atoms with Crippen molar-refractivity contribution in [2.75, 3.05) is 20.2 Å². The maximum Gasteiger partial charge on any atom is 0.243 e. The molecule has 0 aliphatic carbocycles. The largest absolute Gasteiger partial charge is 0.381 e. The van der Waals surface area contributed by atoms with Crippen molar-refractivity contribution in [3.63, 3.8) is 0 Å². The van der Waals surface area contributed by atoms with Gasteiger partial charge in [-0.3, -0.25) is 0 Å². The molecule has 0 radical (unpaired) electrons. The highest BCUT2D eigenvalue weighted by molar-refractivity contribution is 7.89. The maximum absolute atomic E-state index is 12.5. The summed E-state index contributed by atoms with van der Waals surface area (Å²) >= 11 is 0. The molecule has 1 aromatic carbocycles. The van der Waals surface area contributed by atoms with Gasteiger partial charge >= 0.3 is 0 Å². The first-order valence-electron chi connectivity index (χ1n) is 7.14.